The molecule has 0 saturated heterocycles. The SMILES string of the molecule is CCC(=CCCCC(CC)C(=O)O)C(=O)O. The average Bonchev–Trinajstić information content (AvgIpc) is 2.22. The molecular formula is C12H20O4. The van der Waals surface area contributed by atoms with Gasteiger partial charge in [-0.25, -0.2) is 4.79 Å². The van der Waals surface area contributed by atoms with Gasteiger partial charge in [0, 0.05) is 5.57 Å². The van der Waals surface area contributed by atoms with E-state index in [4.69, 9.17) is 10.2 Å². The molecule has 0 aromatic rings. The molecule has 0 aromatic heterocycles. The molecule has 0 rings (SSSR count). The van der Waals surface area contributed by atoms with Crippen LogP contribution in [0.3, 0.4) is 0 Å². The molecule has 16 heavy (non-hydrogen) atoms. The van der Waals surface area contributed by atoms with Crippen molar-refractivity contribution in [1.29, 1.82) is 0 Å². The van der Waals surface area contributed by atoms with Crippen molar-refractivity contribution in [3.05, 3.63) is 11.6 Å². The Kier molecular flexibility index (Phi) is 7.25. The highest BCUT2D eigenvalue weighted by Crippen LogP contribution is 2.14. The number of rotatable bonds is 8. The van der Waals surface area contributed by atoms with Gasteiger partial charge in [-0.2, -0.15) is 0 Å². The van der Waals surface area contributed by atoms with Crippen molar-refractivity contribution in [3.63, 3.8) is 0 Å². The lowest BCUT2D eigenvalue weighted by atomic mass is 9.99. The molecule has 0 bridgehead atoms. The summed E-state index contributed by atoms with van der Waals surface area (Å²) in [4.78, 5) is 21.4. The van der Waals surface area contributed by atoms with E-state index in [0.29, 0.717) is 31.3 Å². The Morgan fingerprint density at radius 2 is 1.88 bits per heavy atom. The van der Waals surface area contributed by atoms with Gasteiger partial charge in [-0.1, -0.05) is 19.9 Å². The lowest BCUT2D eigenvalue weighted by Gasteiger charge is -2.07. The zero-order valence-corrected chi connectivity index (χ0v) is 9.90. The quantitative estimate of drug-likeness (QED) is 0.494. The number of hydrogen-bond acceptors (Lipinski definition) is 2. The number of aliphatic carboxylic acids is 2. The van der Waals surface area contributed by atoms with Crippen LogP contribution < -0.4 is 0 Å². The van der Waals surface area contributed by atoms with E-state index in [2.05, 4.69) is 0 Å². The zero-order valence-electron chi connectivity index (χ0n) is 9.90. The third-order valence-corrected chi connectivity index (χ3v) is 2.65. The van der Waals surface area contributed by atoms with Gasteiger partial charge < -0.3 is 10.2 Å². The minimum atomic E-state index is -0.882. The number of allylic oxidation sites excluding steroid dienone is 1. The van der Waals surface area contributed by atoms with Gasteiger partial charge >= 0.3 is 11.9 Å². The molecule has 0 spiro atoms. The first kappa shape index (κ1) is 14.7. The topological polar surface area (TPSA) is 74.6 Å². The van der Waals surface area contributed by atoms with Crippen LogP contribution in [0.5, 0.6) is 0 Å². The molecule has 2 N–H and O–H groups in total. The molecule has 92 valence electrons. The molecule has 0 aliphatic rings. The van der Waals surface area contributed by atoms with Crippen LogP contribution in [0.4, 0.5) is 0 Å². The van der Waals surface area contributed by atoms with Crippen molar-refractivity contribution in [2.24, 2.45) is 5.92 Å². The molecule has 0 amide bonds. The summed E-state index contributed by atoms with van der Waals surface area (Å²) in [5, 5.41) is 17.6. The van der Waals surface area contributed by atoms with Crippen LogP contribution >= 0.6 is 0 Å². The third-order valence-electron chi connectivity index (χ3n) is 2.65. The fourth-order valence-corrected chi connectivity index (χ4v) is 1.53. The molecule has 1 unspecified atom stereocenters. The van der Waals surface area contributed by atoms with Gasteiger partial charge in [0.1, 0.15) is 0 Å². The first-order valence-corrected chi connectivity index (χ1v) is 5.68. The molecular weight excluding hydrogens is 208 g/mol. The fraction of sp³-hybridized carbons (Fsp3) is 0.667. The van der Waals surface area contributed by atoms with E-state index in [1.165, 1.54) is 0 Å². The summed E-state index contributed by atoms with van der Waals surface area (Å²) in [6.45, 7) is 3.65. The van der Waals surface area contributed by atoms with Crippen LogP contribution in [0.15, 0.2) is 11.6 Å². The summed E-state index contributed by atoms with van der Waals surface area (Å²) in [5.41, 5.74) is 0.406. The smallest absolute Gasteiger partial charge is 0.331 e. The predicted octanol–water partition coefficient (Wildman–Crippen LogP) is 2.69. The van der Waals surface area contributed by atoms with E-state index in [-0.39, 0.29) is 5.92 Å². The Morgan fingerprint density at radius 3 is 2.25 bits per heavy atom. The van der Waals surface area contributed by atoms with Crippen molar-refractivity contribution in [2.45, 2.75) is 46.0 Å². The Morgan fingerprint density at radius 1 is 1.25 bits per heavy atom. The second-order valence-corrected chi connectivity index (χ2v) is 3.76. The number of hydrogen-bond donors (Lipinski definition) is 2. The maximum Gasteiger partial charge on any atom is 0.331 e. The Labute approximate surface area is 96.0 Å². The predicted molar refractivity (Wildman–Crippen MR) is 61.3 cm³/mol. The van der Waals surface area contributed by atoms with Crippen molar-refractivity contribution in [3.8, 4) is 0 Å². The van der Waals surface area contributed by atoms with Crippen LogP contribution in [0.25, 0.3) is 0 Å². The van der Waals surface area contributed by atoms with Crippen LogP contribution in [-0.2, 0) is 9.59 Å². The average molecular weight is 228 g/mol. The first-order chi connectivity index (χ1) is 7.52. The second kappa shape index (κ2) is 7.91. The van der Waals surface area contributed by atoms with Gasteiger partial charge in [0.15, 0.2) is 0 Å². The van der Waals surface area contributed by atoms with E-state index in [0.717, 1.165) is 6.42 Å². The molecule has 0 aliphatic heterocycles. The summed E-state index contributed by atoms with van der Waals surface area (Å²) in [6.07, 6.45) is 4.79. The zero-order chi connectivity index (χ0) is 12.6. The normalized spacial score (nSPS) is 13.5. The van der Waals surface area contributed by atoms with Gasteiger partial charge in [0.25, 0.3) is 0 Å². The summed E-state index contributed by atoms with van der Waals surface area (Å²) in [7, 11) is 0. The van der Waals surface area contributed by atoms with Crippen LogP contribution in [0, 0.1) is 5.92 Å². The number of unbranched alkanes of at least 4 members (excludes halogenated alkanes) is 1. The Bertz CT molecular complexity index is 268. The van der Waals surface area contributed by atoms with Gasteiger partial charge in [-0.05, 0) is 32.1 Å². The van der Waals surface area contributed by atoms with E-state index < -0.39 is 11.9 Å². The molecule has 0 heterocycles. The van der Waals surface area contributed by atoms with Crippen LogP contribution in [-0.4, -0.2) is 22.2 Å². The maximum absolute atomic E-state index is 10.7. The number of carboxylic acid groups (broad SMARTS) is 2. The standard InChI is InChI=1S/C12H20O4/c1-3-9(11(13)14)7-5-6-8-10(4-2)12(15)16/h7,10H,3-6,8H2,1-2H3,(H,13,14)(H,15,16). The van der Waals surface area contributed by atoms with Crippen molar-refractivity contribution < 1.29 is 19.8 Å². The van der Waals surface area contributed by atoms with Gasteiger partial charge in [-0.3, -0.25) is 4.79 Å². The van der Waals surface area contributed by atoms with Crippen LogP contribution in [0.2, 0.25) is 0 Å². The highest BCUT2D eigenvalue weighted by molar-refractivity contribution is 5.86. The maximum atomic E-state index is 10.7. The van der Waals surface area contributed by atoms with Crippen molar-refractivity contribution in [2.75, 3.05) is 0 Å². The van der Waals surface area contributed by atoms with Crippen molar-refractivity contribution in [1.82, 2.24) is 0 Å². The molecule has 1 atom stereocenters. The van der Waals surface area contributed by atoms with Gasteiger partial charge in [0.2, 0.25) is 0 Å². The number of carbonyl (C=O) groups is 2. The highest BCUT2D eigenvalue weighted by Gasteiger charge is 2.13. The summed E-state index contributed by atoms with van der Waals surface area (Å²) < 4.78 is 0. The van der Waals surface area contributed by atoms with E-state index >= 15 is 0 Å². The number of carboxylic acids is 2. The molecule has 0 saturated carbocycles. The summed E-state index contributed by atoms with van der Waals surface area (Å²) in [5.74, 6) is -1.95. The Balaban J connectivity index is 3.98. The fourth-order valence-electron chi connectivity index (χ4n) is 1.53. The van der Waals surface area contributed by atoms with E-state index in [9.17, 15) is 9.59 Å². The Hall–Kier alpha value is -1.32. The molecule has 4 heteroatoms. The van der Waals surface area contributed by atoms with E-state index in [1.54, 1.807) is 13.0 Å². The summed E-state index contributed by atoms with van der Waals surface area (Å²) >= 11 is 0. The van der Waals surface area contributed by atoms with Crippen molar-refractivity contribution >= 4 is 11.9 Å². The first-order valence-electron chi connectivity index (χ1n) is 5.68. The minimum Gasteiger partial charge on any atom is -0.481 e. The molecule has 0 radical (unpaired) electrons. The largest absolute Gasteiger partial charge is 0.481 e. The lowest BCUT2D eigenvalue weighted by molar-refractivity contribution is -0.142. The summed E-state index contributed by atoms with van der Waals surface area (Å²) in [6, 6.07) is 0. The molecule has 4 nitrogen and oxygen atoms in total. The van der Waals surface area contributed by atoms with E-state index in [1.807, 2.05) is 6.92 Å². The molecule has 0 aromatic carbocycles. The highest BCUT2D eigenvalue weighted by atomic mass is 16.4. The third kappa shape index (κ3) is 5.53. The monoisotopic (exact) mass is 228 g/mol. The van der Waals surface area contributed by atoms with Crippen LogP contribution in [0.1, 0.15) is 46.0 Å². The molecule has 0 fully saturated rings. The minimum absolute atomic E-state index is 0.302. The van der Waals surface area contributed by atoms with Gasteiger partial charge in [-0.15, -0.1) is 0 Å². The molecule has 0 aliphatic carbocycles. The van der Waals surface area contributed by atoms with Gasteiger partial charge in [0.05, 0.1) is 5.92 Å². The lowest BCUT2D eigenvalue weighted by Crippen LogP contribution is -2.12. The second-order valence-electron chi connectivity index (χ2n) is 3.76.